The average Bonchev–Trinajstić information content (AvgIpc) is 3.30. The topological polar surface area (TPSA) is 3.24 Å². The Morgan fingerprint density at radius 1 is 0.228 bits per heavy atom. The van der Waals surface area contributed by atoms with Gasteiger partial charge >= 0.3 is 0 Å². The molecule has 0 saturated heterocycles. The van der Waals surface area contributed by atoms with E-state index in [2.05, 4.69) is 241 Å². The van der Waals surface area contributed by atoms with Crippen LogP contribution >= 0.6 is 0 Å². The molecule has 0 atom stereocenters. The third kappa shape index (κ3) is 6.56. The van der Waals surface area contributed by atoms with E-state index in [4.69, 9.17) is 0 Å². The first kappa shape index (κ1) is 34.0. The maximum Gasteiger partial charge on any atom is 0.0540 e. The Bertz CT molecular complexity index is 3000. The molecule has 0 fully saturated rings. The van der Waals surface area contributed by atoms with E-state index < -0.39 is 0 Å². The van der Waals surface area contributed by atoms with Crippen molar-refractivity contribution in [1.82, 2.24) is 0 Å². The van der Waals surface area contributed by atoms with Gasteiger partial charge in [-0.1, -0.05) is 200 Å². The minimum Gasteiger partial charge on any atom is -0.310 e. The lowest BCUT2D eigenvalue weighted by molar-refractivity contribution is 1.28. The van der Waals surface area contributed by atoms with Gasteiger partial charge in [-0.25, -0.2) is 0 Å². The lowest BCUT2D eigenvalue weighted by atomic mass is 9.93. The van der Waals surface area contributed by atoms with Crippen LogP contribution in [0.1, 0.15) is 0 Å². The van der Waals surface area contributed by atoms with Gasteiger partial charge in [-0.2, -0.15) is 0 Å². The Kier molecular flexibility index (Phi) is 8.95. The number of benzene rings is 10. The van der Waals surface area contributed by atoms with E-state index in [9.17, 15) is 0 Å². The van der Waals surface area contributed by atoms with Crippen molar-refractivity contribution in [3.63, 3.8) is 0 Å². The van der Waals surface area contributed by atoms with Gasteiger partial charge in [0, 0.05) is 16.9 Å². The van der Waals surface area contributed by atoms with Crippen LogP contribution in [0.15, 0.2) is 237 Å². The Labute approximate surface area is 334 Å². The van der Waals surface area contributed by atoms with Crippen LogP contribution in [0.2, 0.25) is 0 Å². The molecular weight excluding hydrogens is 687 g/mol. The Morgan fingerprint density at radius 3 is 1.40 bits per heavy atom. The summed E-state index contributed by atoms with van der Waals surface area (Å²) >= 11 is 0. The first-order chi connectivity index (χ1) is 28.3. The number of nitrogens with zero attached hydrogens (tertiary/aromatic N) is 1. The van der Waals surface area contributed by atoms with Crippen LogP contribution < -0.4 is 4.90 Å². The molecule has 0 aliphatic carbocycles. The second-order valence-corrected chi connectivity index (χ2v) is 14.5. The Hall–Kier alpha value is -7.48. The first-order valence-electron chi connectivity index (χ1n) is 19.6. The summed E-state index contributed by atoms with van der Waals surface area (Å²) in [5.41, 5.74) is 15.1. The monoisotopic (exact) mass is 725 g/mol. The minimum absolute atomic E-state index is 1.08. The molecule has 0 aliphatic rings. The maximum atomic E-state index is 2.44. The molecule has 0 unspecified atom stereocenters. The van der Waals surface area contributed by atoms with Crippen LogP contribution in [0, 0.1) is 0 Å². The van der Waals surface area contributed by atoms with Crippen LogP contribution in [0.4, 0.5) is 17.1 Å². The van der Waals surface area contributed by atoms with E-state index in [0.29, 0.717) is 0 Å². The number of anilines is 3. The molecule has 10 rings (SSSR count). The van der Waals surface area contributed by atoms with E-state index in [1.165, 1.54) is 60.5 Å². The first-order valence-corrected chi connectivity index (χ1v) is 19.6. The molecular formula is C56H39N. The third-order valence-corrected chi connectivity index (χ3v) is 11.1. The quantitative estimate of drug-likeness (QED) is 0.141. The van der Waals surface area contributed by atoms with Crippen molar-refractivity contribution in [3.05, 3.63) is 237 Å². The van der Waals surface area contributed by atoms with Gasteiger partial charge in [0.25, 0.3) is 0 Å². The van der Waals surface area contributed by atoms with Gasteiger partial charge in [-0.15, -0.1) is 0 Å². The van der Waals surface area contributed by atoms with Gasteiger partial charge in [0.05, 0.1) is 5.69 Å². The predicted octanol–water partition coefficient (Wildman–Crippen LogP) is 15.8. The van der Waals surface area contributed by atoms with Crippen LogP contribution in [0.25, 0.3) is 77.2 Å². The van der Waals surface area contributed by atoms with Crippen LogP contribution in [-0.4, -0.2) is 0 Å². The number of hydrogen-bond acceptors (Lipinski definition) is 1. The molecule has 1 heteroatoms. The molecule has 1 nitrogen and oxygen atoms in total. The van der Waals surface area contributed by atoms with Gasteiger partial charge in [0.1, 0.15) is 0 Å². The molecule has 0 N–H and O–H groups in total. The molecule has 0 aliphatic heterocycles. The van der Waals surface area contributed by atoms with E-state index in [1.807, 2.05) is 0 Å². The van der Waals surface area contributed by atoms with Crippen molar-refractivity contribution >= 4 is 38.6 Å². The van der Waals surface area contributed by atoms with Crippen LogP contribution in [0.5, 0.6) is 0 Å². The zero-order valence-corrected chi connectivity index (χ0v) is 31.5. The number of hydrogen-bond donors (Lipinski definition) is 0. The lowest BCUT2D eigenvalue weighted by Crippen LogP contribution is -2.11. The summed E-state index contributed by atoms with van der Waals surface area (Å²) in [6, 6.07) is 85.7. The van der Waals surface area contributed by atoms with Gasteiger partial charge in [-0.05, 0) is 108 Å². The maximum absolute atomic E-state index is 2.44. The zero-order chi connectivity index (χ0) is 38.0. The summed E-state index contributed by atoms with van der Waals surface area (Å²) in [7, 11) is 0. The summed E-state index contributed by atoms with van der Waals surface area (Å²) in [5.74, 6) is 0. The largest absolute Gasteiger partial charge is 0.310 e. The van der Waals surface area contributed by atoms with Gasteiger partial charge in [-0.3, -0.25) is 0 Å². The molecule has 10 aromatic carbocycles. The SMILES string of the molecule is c1ccc(-c2ccc(N(c3cccc(-c4ccccc4-c4ccccc4)c3)c3cccc(-c4cccc5c4ccc4ccccc45)c3)c(-c3ccccc3)c2)cc1. The fourth-order valence-electron chi connectivity index (χ4n) is 8.34. The highest BCUT2D eigenvalue weighted by molar-refractivity contribution is 6.12. The van der Waals surface area contributed by atoms with E-state index in [0.717, 1.165) is 33.8 Å². The third-order valence-electron chi connectivity index (χ3n) is 11.1. The van der Waals surface area contributed by atoms with Gasteiger partial charge < -0.3 is 4.90 Å². The average molecular weight is 726 g/mol. The highest BCUT2D eigenvalue weighted by atomic mass is 15.1. The Balaban J connectivity index is 1.19. The van der Waals surface area contributed by atoms with Crippen molar-refractivity contribution < 1.29 is 0 Å². The highest BCUT2D eigenvalue weighted by Gasteiger charge is 2.20. The van der Waals surface area contributed by atoms with Crippen molar-refractivity contribution in [1.29, 1.82) is 0 Å². The number of fused-ring (bicyclic) bond motifs is 3. The molecule has 0 saturated carbocycles. The van der Waals surface area contributed by atoms with E-state index in [1.54, 1.807) is 0 Å². The molecule has 0 spiro atoms. The van der Waals surface area contributed by atoms with Crippen molar-refractivity contribution in [2.45, 2.75) is 0 Å². The van der Waals surface area contributed by atoms with E-state index in [-0.39, 0.29) is 0 Å². The normalized spacial score (nSPS) is 11.2. The van der Waals surface area contributed by atoms with Crippen molar-refractivity contribution in [2.24, 2.45) is 0 Å². The number of rotatable bonds is 8. The second-order valence-electron chi connectivity index (χ2n) is 14.5. The molecule has 0 aromatic heterocycles. The molecule has 268 valence electrons. The summed E-state index contributed by atoms with van der Waals surface area (Å²) < 4.78 is 0. The van der Waals surface area contributed by atoms with Crippen molar-refractivity contribution in [2.75, 3.05) is 4.90 Å². The second kappa shape index (κ2) is 15.0. The predicted molar refractivity (Wildman–Crippen MR) is 243 cm³/mol. The van der Waals surface area contributed by atoms with Gasteiger partial charge in [0.2, 0.25) is 0 Å². The molecule has 0 bridgehead atoms. The summed E-state index contributed by atoms with van der Waals surface area (Å²) in [6.45, 7) is 0. The van der Waals surface area contributed by atoms with Crippen LogP contribution in [-0.2, 0) is 0 Å². The standard InChI is InChI=1S/C56H39N/c1-4-17-40(18-5-1)44-34-36-56(55(39-44)42-21-8-3-9-22-42)57(47-26-14-24-45(37-47)51-30-13-12-28-49(51)41-19-6-2-7-20-41)48-27-15-25-46(38-48)52-31-16-32-53-50-29-11-10-23-43(50)33-35-54(52)53/h1-39H. The smallest absolute Gasteiger partial charge is 0.0540 e. The van der Waals surface area contributed by atoms with Gasteiger partial charge in [0.15, 0.2) is 0 Å². The zero-order valence-electron chi connectivity index (χ0n) is 31.5. The molecule has 0 amide bonds. The van der Waals surface area contributed by atoms with E-state index >= 15 is 0 Å². The minimum atomic E-state index is 1.08. The molecule has 10 aromatic rings. The fraction of sp³-hybridized carbons (Fsp3) is 0. The summed E-state index contributed by atoms with van der Waals surface area (Å²) in [4.78, 5) is 2.44. The van der Waals surface area contributed by atoms with Crippen LogP contribution in [0.3, 0.4) is 0 Å². The lowest BCUT2D eigenvalue weighted by Gasteiger charge is -2.29. The summed E-state index contributed by atoms with van der Waals surface area (Å²) in [5, 5.41) is 5.04. The fourth-order valence-corrected chi connectivity index (χ4v) is 8.34. The van der Waals surface area contributed by atoms with Crippen molar-refractivity contribution in [3.8, 4) is 55.6 Å². The molecule has 0 heterocycles. The molecule has 57 heavy (non-hydrogen) atoms. The molecule has 0 radical (unpaired) electrons. The Morgan fingerprint density at radius 2 is 0.719 bits per heavy atom. The highest BCUT2D eigenvalue weighted by Crippen LogP contribution is 2.45. The summed E-state index contributed by atoms with van der Waals surface area (Å²) in [6.07, 6.45) is 0.